The van der Waals surface area contributed by atoms with E-state index in [1.165, 1.54) is 0 Å². The number of guanidine groups is 1. The first-order valence-corrected chi connectivity index (χ1v) is 9.62. The molecule has 0 bridgehead atoms. The molecule has 7 nitrogen and oxygen atoms in total. The van der Waals surface area contributed by atoms with Crippen LogP contribution in [0.4, 0.5) is 0 Å². The third kappa shape index (κ3) is 7.72. The number of ether oxygens (including phenoxy) is 1. The monoisotopic (exact) mass is 361 g/mol. The Bertz CT molecular complexity index is 550. The second-order valence-electron chi connectivity index (χ2n) is 6.27. The lowest BCUT2D eigenvalue weighted by Crippen LogP contribution is -2.39. The number of aromatic nitrogens is 1. The number of carbonyl (C=O) groups excluding carboxylic acids is 1. The Morgan fingerprint density at radius 2 is 2.27 bits per heavy atom. The minimum absolute atomic E-state index is 0.295. The van der Waals surface area contributed by atoms with Gasteiger partial charge in [-0.1, -0.05) is 6.42 Å². The van der Waals surface area contributed by atoms with Crippen LogP contribution in [0.25, 0.3) is 0 Å². The summed E-state index contributed by atoms with van der Waals surface area (Å²) in [5.41, 5.74) is 0. The standard InChI is InChI=1S/C19H31N5O2/c1-2-21-19(23-12-15-26-17-8-6-10-20-16-17)22-11-7-14-24-13-5-3-4-9-18(24)25/h6,8,10,16H,2-5,7,9,11-15H2,1H3,(H2,21,22,23). The minimum atomic E-state index is 0.295. The summed E-state index contributed by atoms with van der Waals surface area (Å²) in [5, 5.41) is 6.49. The number of aliphatic imine (C=N–C) groups is 1. The average molecular weight is 361 g/mol. The van der Waals surface area contributed by atoms with E-state index < -0.39 is 0 Å². The number of nitrogens with zero attached hydrogens (tertiary/aromatic N) is 3. The zero-order valence-corrected chi connectivity index (χ0v) is 15.7. The quantitative estimate of drug-likeness (QED) is 0.398. The topological polar surface area (TPSA) is 78.9 Å². The molecule has 0 aromatic carbocycles. The van der Waals surface area contributed by atoms with Crippen molar-refractivity contribution in [3.63, 3.8) is 0 Å². The normalized spacial score (nSPS) is 15.5. The molecule has 1 aliphatic rings. The van der Waals surface area contributed by atoms with Crippen molar-refractivity contribution in [3.05, 3.63) is 24.5 Å². The van der Waals surface area contributed by atoms with Crippen molar-refractivity contribution in [2.75, 3.05) is 39.3 Å². The Hall–Kier alpha value is -2.31. The van der Waals surface area contributed by atoms with Gasteiger partial charge < -0.3 is 20.3 Å². The Kier molecular flexibility index (Phi) is 9.32. The first-order chi connectivity index (χ1) is 12.8. The number of amides is 1. The third-order valence-electron chi connectivity index (χ3n) is 4.17. The van der Waals surface area contributed by atoms with Crippen molar-refractivity contribution in [1.82, 2.24) is 20.5 Å². The lowest BCUT2D eigenvalue weighted by Gasteiger charge is -2.20. The molecule has 2 N–H and O–H groups in total. The van der Waals surface area contributed by atoms with E-state index in [-0.39, 0.29) is 0 Å². The van der Waals surface area contributed by atoms with Gasteiger partial charge in [0.05, 0.1) is 12.7 Å². The van der Waals surface area contributed by atoms with Crippen LogP contribution in [0, 0.1) is 0 Å². The SMILES string of the molecule is CCNC(=NCCCN1CCCCCC1=O)NCCOc1cccnc1. The maximum Gasteiger partial charge on any atom is 0.222 e. The van der Waals surface area contributed by atoms with Gasteiger partial charge in [-0.15, -0.1) is 0 Å². The van der Waals surface area contributed by atoms with Crippen LogP contribution in [-0.4, -0.2) is 61.1 Å². The second-order valence-corrected chi connectivity index (χ2v) is 6.27. The molecule has 1 fully saturated rings. The summed E-state index contributed by atoms with van der Waals surface area (Å²) in [6, 6.07) is 3.74. The fourth-order valence-electron chi connectivity index (χ4n) is 2.84. The van der Waals surface area contributed by atoms with Crippen LogP contribution in [0.2, 0.25) is 0 Å². The predicted octanol–water partition coefficient (Wildman–Crippen LogP) is 1.81. The lowest BCUT2D eigenvalue weighted by atomic mass is 10.2. The molecule has 0 atom stereocenters. The van der Waals surface area contributed by atoms with Crippen LogP contribution in [0.15, 0.2) is 29.5 Å². The molecule has 0 aliphatic carbocycles. The molecule has 0 unspecified atom stereocenters. The van der Waals surface area contributed by atoms with Gasteiger partial charge in [0.15, 0.2) is 5.96 Å². The number of rotatable bonds is 9. The molecule has 26 heavy (non-hydrogen) atoms. The maximum atomic E-state index is 12.0. The zero-order chi connectivity index (χ0) is 18.5. The molecule has 1 aromatic rings. The van der Waals surface area contributed by atoms with Gasteiger partial charge in [-0.2, -0.15) is 0 Å². The number of likely N-dealkylation sites (tertiary alicyclic amines) is 1. The van der Waals surface area contributed by atoms with Gasteiger partial charge in [0.2, 0.25) is 5.91 Å². The predicted molar refractivity (Wildman–Crippen MR) is 103 cm³/mol. The highest BCUT2D eigenvalue weighted by atomic mass is 16.5. The largest absolute Gasteiger partial charge is 0.490 e. The van der Waals surface area contributed by atoms with Crippen LogP contribution in [0.1, 0.15) is 39.0 Å². The van der Waals surface area contributed by atoms with Crippen molar-refractivity contribution < 1.29 is 9.53 Å². The molecule has 7 heteroatoms. The van der Waals surface area contributed by atoms with Crippen LogP contribution in [0.5, 0.6) is 5.75 Å². The van der Waals surface area contributed by atoms with Crippen molar-refractivity contribution in [2.45, 2.75) is 39.0 Å². The second kappa shape index (κ2) is 12.1. The van der Waals surface area contributed by atoms with Gasteiger partial charge in [-0.25, -0.2) is 0 Å². The minimum Gasteiger partial charge on any atom is -0.490 e. The molecule has 1 saturated heterocycles. The first-order valence-electron chi connectivity index (χ1n) is 9.62. The molecule has 2 heterocycles. The van der Waals surface area contributed by atoms with Gasteiger partial charge in [0.25, 0.3) is 0 Å². The van der Waals surface area contributed by atoms with E-state index in [1.54, 1.807) is 12.4 Å². The van der Waals surface area contributed by atoms with E-state index in [4.69, 9.17) is 4.74 Å². The van der Waals surface area contributed by atoms with E-state index in [9.17, 15) is 4.79 Å². The summed E-state index contributed by atoms with van der Waals surface area (Å²) in [4.78, 5) is 22.6. The van der Waals surface area contributed by atoms with Crippen LogP contribution < -0.4 is 15.4 Å². The number of pyridine rings is 1. The highest BCUT2D eigenvalue weighted by molar-refractivity contribution is 5.79. The molecule has 1 amide bonds. The van der Waals surface area contributed by atoms with E-state index in [1.807, 2.05) is 24.0 Å². The molecule has 0 saturated carbocycles. The van der Waals surface area contributed by atoms with Gasteiger partial charge >= 0.3 is 0 Å². The molecule has 0 radical (unpaired) electrons. The summed E-state index contributed by atoms with van der Waals surface area (Å²) >= 11 is 0. The van der Waals surface area contributed by atoms with E-state index in [0.717, 1.165) is 57.0 Å². The smallest absolute Gasteiger partial charge is 0.222 e. The Labute approximate surface area is 156 Å². The Morgan fingerprint density at radius 1 is 1.35 bits per heavy atom. The van der Waals surface area contributed by atoms with Crippen molar-refractivity contribution in [1.29, 1.82) is 0 Å². The summed E-state index contributed by atoms with van der Waals surface area (Å²) in [6.07, 6.45) is 8.32. The molecule has 0 spiro atoms. The molecule has 1 aromatic heterocycles. The van der Waals surface area contributed by atoms with Crippen LogP contribution in [0.3, 0.4) is 0 Å². The third-order valence-corrected chi connectivity index (χ3v) is 4.17. The fourth-order valence-corrected chi connectivity index (χ4v) is 2.84. The molecular formula is C19H31N5O2. The molecule has 2 rings (SSSR count). The number of hydrogen-bond donors (Lipinski definition) is 2. The highest BCUT2D eigenvalue weighted by Gasteiger charge is 2.15. The van der Waals surface area contributed by atoms with E-state index in [0.29, 0.717) is 32.0 Å². The van der Waals surface area contributed by atoms with E-state index in [2.05, 4.69) is 20.6 Å². The van der Waals surface area contributed by atoms with Gasteiger partial charge in [0, 0.05) is 38.8 Å². The summed E-state index contributed by atoms with van der Waals surface area (Å²) < 4.78 is 5.61. The fraction of sp³-hybridized carbons (Fsp3) is 0.632. The van der Waals surface area contributed by atoms with Crippen molar-refractivity contribution in [2.24, 2.45) is 4.99 Å². The van der Waals surface area contributed by atoms with Crippen LogP contribution >= 0.6 is 0 Å². The lowest BCUT2D eigenvalue weighted by molar-refractivity contribution is -0.130. The summed E-state index contributed by atoms with van der Waals surface area (Å²) in [5.74, 6) is 1.84. The van der Waals surface area contributed by atoms with Gasteiger partial charge in [-0.05, 0) is 38.3 Å². The molecular weight excluding hydrogens is 330 g/mol. The van der Waals surface area contributed by atoms with Crippen LogP contribution in [-0.2, 0) is 4.79 Å². The summed E-state index contributed by atoms with van der Waals surface area (Å²) in [6.45, 7) is 6.43. The molecule has 144 valence electrons. The first kappa shape index (κ1) is 20.0. The zero-order valence-electron chi connectivity index (χ0n) is 15.7. The van der Waals surface area contributed by atoms with E-state index >= 15 is 0 Å². The highest BCUT2D eigenvalue weighted by Crippen LogP contribution is 2.11. The number of hydrogen-bond acceptors (Lipinski definition) is 4. The van der Waals surface area contributed by atoms with Crippen molar-refractivity contribution >= 4 is 11.9 Å². The number of nitrogens with one attached hydrogen (secondary N) is 2. The van der Waals surface area contributed by atoms with Crippen molar-refractivity contribution in [3.8, 4) is 5.75 Å². The summed E-state index contributed by atoms with van der Waals surface area (Å²) in [7, 11) is 0. The maximum absolute atomic E-state index is 12.0. The molecule has 1 aliphatic heterocycles. The van der Waals surface area contributed by atoms with Gasteiger partial charge in [0.1, 0.15) is 12.4 Å². The Morgan fingerprint density at radius 3 is 3.08 bits per heavy atom. The average Bonchev–Trinajstić information content (AvgIpc) is 2.87. The van der Waals surface area contributed by atoms with Gasteiger partial charge in [-0.3, -0.25) is 14.8 Å². The number of carbonyl (C=O) groups is 1. The Balaban J connectivity index is 1.66.